The fraction of sp³-hybridized carbons (Fsp3) is 0.240. The maximum absolute atomic E-state index is 12.4. The van der Waals surface area contributed by atoms with Crippen LogP contribution >= 0.6 is 0 Å². The molecular formula is C25H28N4O4. The number of carbonyl (C=O) groups excluding carboxylic acids is 3. The normalized spacial score (nSPS) is 10.3. The maximum atomic E-state index is 12.4. The van der Waals surface area contributed by atoms with Crippen molar-refractivity contribution in [3.63, 3.8) is 0 Å². The number of unbranched alkanes of at least 4 members (excludes halogenated alkanes) is 2. The van der Waals surface area contributed by atoms with Crippen LogP contribution in [0.25, 0.3) is 0 Å². The van der Waals surface area contributed by atoms with E-state index in [0.29, 0.717) is 23.5 Å². The molecule has 1 heterocycles. The van der Waals surface area contributed by atoms with Crippen LogP contribution in [-0.2, 0) is 9.59 Å². The molecule has 0 fully saturated rings. The van der Waals surface area contributed by atoms with E-state index in [1.165, 1.54) is 6.26 Å². The molecule has 172 valence electrons. The number of benzene rings is 2. The molecule has 0 spiro atoms. The molecule has 8 heteroatoms. The summed E-state index contributed by atoms with van der Waals surface area (Å²) < 4.78 is 5.07. The molecule has 0 aliphatic heterocycles. The SMILES string of the molecule is CCCCCC(=O)Nc1cccc(NCC(=O)Nc2cccc(NC(=O)c3ccco3)c2)c1. The third-order valence-corrected chi connectivity index (χ3v) is 4.76. The van der Waals surface area contributed by atoms with E-state index in [1.807, 2.05) is 18.2 Å². The Morgan fingerprint density at radius 2 is 1.39 bits per heavy atom. The van der Waals surface area contributed by atoms with Crippen LogP contribution in [0.1, 0.15) is 43.2 Å². The molecule has 3 aromatic rings. The lowest BCUT2D eigenvalue weighted by Crippen LogP contribution is -2.22. The van der Waals surface area contributed by atoms with E-state index < -0.39 is 0 Å². The van der Waals surface area contributed by atoms with Gasteiger partial charge in [0.25, 0.3) is 5.91 Å². The summed E-state index contributed by atoms with van der Waals surface area (Å²) in [6.07, 6.45) is 4.89. The molecule has 33 heavy (non-hydrogen) atoms. The second-order valence-electron chi connectivity index (χ2n) is 7.50. The fourth-order valence-corrected chi connectivity index (χ4v) is 3.13. The van der Waals surface area contributed by atoms with Gasteiger partial charge >= 0.3 is 0 Å². The summed E-state index contributed by atoms with van der Waals surface area (Å²) in [5, 5.41) is 11.4. The summed E-state index contributed by atoms with van der Waals surface area (Å²) in [6, 6.07) is 17.3. The molecule has 4 N–H and O–H groups in total. The average molecular weight is 449 g/mol. The van der Waals surface area contributed by atoms with Crippen LogP contribution in [0.3, 0.4) is 0 Å². The monoisotopic (exact) mass is 448 g/mol. The molecule has 0 bridgehead atoms. The summed E-state index contributed by atoms with van der Waals surface area (Å²) in [5.41, 5.74) is 2.48. The van der Waals surface area contributed by atoms with Crippen molar-refractivity contribution in [1.82, 2.24) is 0 Å². The van der Waals surface area contributed by atoms with Gasteiger partial charge < -0.3 is 25.7 Å². The van der Waals surface area contributed by atoms with Crippen molar-refractivity contribution in [2.45, 2.75) is 32.6 Å². The summed E-state index contributed by atoms with van der Waals surface area (Å²) in [5.74, 6) is -0.439. The lowest BCUT2D eigenvalue weighted by Gasteiger charge is -2.11. The van der Waals surface area contributed by atoms with Crippen molar-refractivity contribution in [1.29, 1.82) is 0 Å². The van der Waals surface area contributed by atoms with E-state index in [1.54, 1.807) is 42.5 Å². The highest BCUT2D eigenvalue weighted by atomic mass is 16.3. The first-order chi connectivity index (χ1) is 16.0. The Kier molecular flexibility index (Phi) is 8.64. The molecule has 0 unspecified atom stereocenters. The number of hydrogen-bond donors (Lipinski definition) is 4. The molecule has 1 aromatic heterocycles. The molecule has 3 amide bonds. The standard InChI is InChI=1S/C25H28N4O4/c1-2-3-4-13-23(30)27-19-9-5-8-18(15-19)26-17-24(31)28-20-10-6-11-21(16-20)29-25(32)22-12-7-14-33-22/h5-12,14-16,26H,2-4,13,17H2,1H3,(H,27,30)(H,28,31)(H,29,32). The van der Waals surface area contributed by atoms with Gasteiger partial charge in [-0.1, -0.05) is 31.9 Å². The lowest BCUT2D eigenvalue weighted by atomic mass is 10.2. The van der Waals surface area contributed by atoms with E-state index in [2.05, 4.69) is 28.2 Å². The third-order valence-electron chi connectivity index (χ3n) is 4.76. The van der Waals surface area contributed by atoms with Crippen LogP contribution in [0.2, 0.25) is 0 Å². The van der Waals surface area contributed by atoms with Crippen molar-refractivity contribution in [3.05, 3.63) is 72.7 Å². The molecule has 3 rings (SSSR count). The summed E-state index contributed by atoms with van der Waals surface area (Å²) in [7, 11) is 0. The molecular weight excluding hydrogens is 420 g/mol. The molecule has 0 radical (unpaired) electrons. The number of hydrogen-bond acceptors (Lipinski definition) is 5. The van der Waals surface area contributed by atoms with Gasteiger partial charge in [-0.2, -0.15) is 0 Å². The van der Waals surface area contributed by atoms with E-state index >= 15 is 0 Å². The molecule has 2 aromatic carbocycles. The fourth-order valence-electron chi connectivity index (χ4n) is 3.13. The van der Waals surface area contributed by atoms with Crippen molar-refractivity contribution in [2.24, 2.45) is 0 Å². The molecule has 0 saturated carbocycles. The summed E-state index contributed by atoms with van der Waals surface area (Å²) >= 11 is 0. The largest absolute Gasteiger partial charge is 0.459 e. The number of amides is 3. The van der Waals surface area contributed by atoms with Crippen molar-refractivity contribution in [3.8, 4) is 0 Å². The van der Waals surface area contributed by atoms with Gasteiger partial charge in [0, 0.05) is 29.2 Å². The van der Waals surface area contributed by atoms with Gasteiger partial charge in [-0.25, -0.2) is 0 Å². The van der Waals surface area contributed by atoms with Gasteiger partial charge in [-0.3, -0.25) is 14.4 Å². The molecule has 8 nitrogen and oxygen atoms in total. The minimum absolute atomic E-state index is 0.0163. The second kappa shape index (κ2) is 12.1. The first-order valence-corrected chi connectivity index (χ1v) is 10.9. The van der Waals surface area contributed by atoms with Gasteiger partial charge in [0.15, 0.2) is 5.76 Å². The highest BCUT2D eigenvalue weighted by Gasteiger charge is 2.10. The number of carbonyl (C=O) groups is 3. The third kappa shape index (κ3) is 7.84. The van der Waals surface area contributed by atoms with Gasteiger partial charge in [0.05, 0.1) is 12.8 Å². The van der Waals surface area contributed by atoms with Crippen molar-refractivity contribution in [2.75, 3.05) is 27.8 Å². The summed E-state index contributed by atoms with van der Waals surface area (Å²) in [6.45, 7) is 2.14. The smallest absolute Gasteiger partial charge is 0.291 e. The Labute approximate surface area is 192 Å². The van der Waals surface area contributed by atoms with Crippen LogP contribution in [-0.4, -0.2) is 24.3 Å². The molecule has 0 aliphatic rings. The Balaban J connectivity index is 1.48. The number of nitrogens with one attached hydrogen (secondary N) is 4. The minimum atomic E-state index is -0.373. The quantitative estimate of drug-likeness (QED) is 0.305. The van der Waals surface area contributed by atoms with Crippen molar-refractivity contribution >= 4 is 40.5 Å². The highest BCUT2D eigenvalue weighted by Crippen LogP contribution is 2.18. The lowest BCUT2D eigenvalue weighted by molar-refractivity contribution is -0.116. The Hall–Kier alpha value is -4.07. The summed E-state index contributed by atoms with van der Waals surface area (Å²) in [4.78, 5) is 36.5. The van der Waals surface area contributed by atoms with Crippen LogP contribution in [0.4, 0.5) is 22.7 Å². The van der Waals surface area contributed by atoms with Crippen LogP contribution in [0, 0.1) is 0 Å². The molecule has 0 aliphatic carbocycles. The van der Waals surface area contributed by atoms with E-state index in [0.717, 1.165) is 24.9 Å². The van der Waals surface area contributed by atoms with E-state index in [-0.39, 0.29) is 30.0 Å². The van der Waals surface area contributed by atoms with Crippen LogP contribution in [0.15, 0.2) is 71.3 Å². The second-order valence-corrected chi connectivity index (χ2v) is 7.50. The minimum Gasteiger partial charge on any atom is -0.459 e. The topological polar surface area (TPSA) is 112 Å². The zero-order valence-corrected chi connectivity index (χ0v) is 18.5. The number of furan rings is 1. The van der Waals surface area contributed by atoms with Gasteiger partial charge in [0.1, 0.15) is 0 Å². The predicted octanol–water partition coefficient (Wildman–Crippen LogP) is 5.10. The van der Waals surface area contributed by atoms with E-state index in [9.17, 15) is 14.4 Å². The van der Waals surface area contributed by atoms with Crippen molar-refractivity contribution < 1.29 is 18.8 Å². The highest BCUT2D eigenvalue weighted by molar-refractivity contribution is 6.03. The Morgan fingerprint density at radius 1 is 0.758 bits per heavy atom. The zero-order chi connectivity index (χ0) is 23.5. The number of anilines is 4. The Morgan fingerprint density at radius 3 is 2.06 bits per heavy atom. The van der Waals surface area contributed by atoms with Gasteiger partial charge in [-0.05, 0) is 55.0 Å². The first-order valence-electron chi connectivity index (χ1n) is 10.9. The number of rotatable bonds is 11. The van der Waals surface area contributed by atoms with Crippen LogP contribution in [0.5, 0.6) is 0 Å². The molecule has 0 atom stereocenters. The van der Waals surface area contributed by atoms with Crippen LogP contribution < -0.4 is 21.3 Å². The van der Waals surface area contributed by atoms with Gasteiger partial charge in [-0.15, -0.1) is 0 Å². The first kappa shape index (κ1) is 23.6. The average Bonchev–Trinajstić information content (AvgIpc) is 3.34. The predicted molar refractivity (Wildman–Crippen MR) is 129 cm³/mol. The van der Waals surface area contributed by atoms with E-state index in [4.69, 9.17) is 4.42 Å². The Bertz CT molecular complexity index is 1080. The zero-order valence-electron chi connectivity index (χ0n) is 18.5. The molecule has 0 saturated heterocycles. The van der Waals surface area contributed by atoms with Gasteiger partial charge in [0.2, 0.25) is 11.8 Å². The maximum Gasteiger partial charge on any atom is 0.291 e.